The van der Waals surface area contributed by atoms with Crippen molar-refractivity contribution in [3.05, 3.63) is 29.3 Å². The van der Waals surface area contributed by atoms with Gasteiger partial charge in [0.1, 0.15) is 0 Å². The minimum atomic E-state index is -3.88. The normalized spacial score (nSPS) is 22.4. The summed E-state index contributed by atoms with van der Waals surface area (Å²) in [5, 5.41) is 9.57. The number of piperidine rings is 1. The number of carbonyl (C=O) groups is 2. The van der Waals surface area contributed by atoms with E-state index in [9.17, 15) is 18.0 Å². The van der Waals surface area contributed by atoms with E-state index in [1.165, 1.54) is 36.1 Å². The predicted octanol–water partition coefficient (Wildman–Crippen LogP) is 1.72. The Morgan fingerprint density at radius 2 is 1.88 bits per heavy atom. The van der Waals surface area contributed by atoms with Gasteiger partial charge >= 0.3 is 5.97 Å². The third-order valence-corrected chi connectivity index (χ3v) is 6.15. The Labute approximate surface area is 152 Å². The molecule has 2 rings (SSSR count). The summed E-state index contributed by atoms with van der Waals surface area (Å²) in [6, 6.07) is 4.47. The van der Waals surface area contributed by atoms with Crippen molar-refractivity contribution in [2.45, 2.75) is 43.7 Å². The van der Waals surface area contributed by atoms with Crippen molar-refractivity contribution in [1.29, 1.82) is 0 Å². The Morgan fingerprint density at radius 1 is 1.28 bits per heavy atom. The second-order valence-electron chi connectivity index (χ2n) is 6.25. The Morgan fingerprint density at radius 3 is 2.44 bits per heavy atom. The summed E-state index contributed by atoms with van der Waals surface area (Å²) in [5.41, 5.74) is 0. The van der Waals surface area contributed by atoms with Crippen molar-refractivity contribution in [3.8, 4) is 0 Å². The van der Waals surface area contributed by atoms with Crippen molar-refractivity contribution >= 4 is 33.5 Å². The van der Waals surface area contributed by atoms with E-state index < -0.39 is 33.9 Å². The number of amides is 1. The minimum absolute atomic E-state index is 0.00616. The van der Waals surface area contributed by atoms with Crippen LogP contribution in [0.2, 0.25) is 5.02 Å². The molecule has 1 heterocycles. The number of carboxylic acid groups (broad SMARTS) is 1. The highest BCUT2D eigenvalue weighted by molar-refractivity contribution is 7.89. The maximum atomic E-state index is 12.6. The van der Waals surface area contributed by atoms with Crippen molar-refractivity contribution in [2.24, 2.45) is 5.92 Å². The standard InChI is InChI=1S/C16H21ClN2O5S/c1-10-3-4-12(16(21)22)9-19(10)15(20)11(2)18-25(23,24)14-7-5-13(17)6-8-14/h5-8,10-12,18H,3-4,9H2,1-2H3,(H,21,22). The van der Waals surface area contributed by atoms with E-state index >= 15 is 0 Å². The summed E-state index contributed by atoms with van der Waals surface area (Å²) in [7, 11) is -3.88. The molecule has 1 aromatic rings. The van der Waals surface area contributed by atoms with E-state index in [0.29, 0.717) is 17.9 Å². The molecule has 0 bridgehead atoms. The van der Waals surface area contributed by atoms with E-state index in [0.717, 1.165) is 0 Å². The fourth-order valence-corrected chi connectivity index (χ4v) is 4.15. The average molecular weight is 389 g/mol. The molecule has 1 aliphatic heterocycles. The Bertz CT molecular complexity index is 750. The summed E-state index contributed by atoms with van der Waals surface area (Å²) in [6.07, 6.45) is 1.07. The number of rotatable bonds is 5. The maximum absolute atomic E-state index is 12.6. The van der Waals surface area contributed by atoms with Crippen LogP contribution in [0.4, 0.5) is 0 Å². The number of nitrogens with zero attached hydrogens (tertiary/aromatic N) is 1. The Kier molecular flexibility index (Phi) is 6.08. The lowest BCUT2D eigenvalue weighted by Crippen LogP contribution is -2.54. The molecule has 1 aromatic carbocycles. The minimum Gasteiger partial charge on any atom is -0.481 e. The van der Waals surface area contributed by atoms with Gasteiger partial charge in [-0.05, 0) is 51.0 Å². The van der Waals surface area contributed by atoms with Crippen molar-refractivity contribution in [1.82, 2.24) is 9.62 Å². The molecule has 0 aromatic heterocycles. The van der Waals surface area contributed by atoms with Crippen molar-refractivity contribution in [2.75, 3.05) is 6.54 Å². The molecular weight excluding hydrogens is 368 g/mol. The maximum Gasteiger partial charge on any atom is 0.308 e. The van der Waals surface area contributed by atoms with Gasteiger partial charge in [-0.2, -0.15) is 4.72 Å². The number of carboxylic acids is 1. The number of nitrogens with one attached hydrogen (secondary N) is 1. The summed E-state index contributed by atoms with van der Waals surface area (Å²) >= 11 is 5.75. The Balaban J connectivity index is 2.10. The molecule has 1 aliphatic rings. The third kappa shape index (κ3) is 4.71. The first-order valence-corrected chi connectivity index (χ1v) is 9.79. The summed E-state index contributed by atoms with van der Waals surface area (Å²) in [5.74, 6) is -2.00. The molecule has 1 fully saturated rings. The van der Waals surface area contributed by atoms with Crippen LogP contribution in [-0.4, -0.2) is 48.9 Å². The lowest BCUT2D eigenvalue weighted by atomic mass is 9.93. The van der Waals surface area contributed by atoms with Crippen LogP contribution in [0.3, 0.4) is 0 Å². The van der Waals surface area contributed by atoms with Gasteiger partial charge in [0.15, 0.2) is 0 Å². The zero-order chi connectivity index (χ0) is 18.8. The predicted molar refractivity (Wildman–Crippen MR) is 92.8 cm³/mol. The van der Waals surface area contributed by atoms with Crippen LogP contribution in [0.1, 0.15) is 26.7 Å². The van der Waals surface area contributed by atoms with Gasteiger partial charge in [0.05, 0.1) is 16.9 Å². The Hall–Kier alpha value is -1.64. The topological polar surface area (TPSA) is 104 Å². The van der Waals surface area contributed by atoms with Crippen molar-refractivity contribution in [3.63, 3.8) is 0 Å². The molecule has 1 amide bonds. The smallest absolute Gasteiger partial charge is 0.308 e. The summed E-state index contributed by atoms with van der Waals surface area (Å²) < 4.78 is 27.1. The molecule has 2 N–H and O–H groups in total. The molecule has 0 saturated carbocycles. The number of halogens is 1. The van der Waals surface area contributed by atoms with Gasteiger partial charge in [0.2, 0.25) is 15.9 Å². The largest absolute Gasteiger partial charge is 0.481 e. The second-order valence-corrected chi connectivity index (χ2v) is 8.40. The second kappa shape index (κ2) is 7.72. The number of hydrogen-bond donors (Lipinski definition) is 2. The lowest BCUT2D eigenvalue weighted by molar-refractivity contribution is -0.147. The van der Waals surface area contributed by atoms with Gasteiger partial charge in [0, 0.05) is 17.6 Å². The first-order valence-electron chi connectivity index (χ1n) is 7.93. The first kappa shape index (κ1) is 19.7. The van der Waals surface area contributed by atoms with Gasteiger partial charge in [0.25, 0.3) is 0 Å². The number of sulfonamides is 1. The van der Waals surface area contributed by atoms with E-state index in [-0.39, 0.29) is 17.5 Å². The number of benzene rings is 1. The molecule has 138 valence electrons. The van der Waals surface area contributed by atoms with Crippen LogP contribution in [-0.2, 0) is 19.6 Å². The molecular formula is C16H21ClN2O5S. The molecule has 0 spiro atoms. The van der Waals surface area contributed by atoms with Crippen LogP contribution < -0.4 is 4.72 Å². The molecule has 3 unspecified atom stereocenters. The van der Waals surface area contributed by atoms with E-state index in [4.69, 9.17) is 16.7 Å². The highest BCUT2D eigenvalue weighted by Crippen LogP contribution is 2.23. The molecule has 7 nitrogen and oxygen atoms in total. The summed E-state index contributed by atoms with van der Waals surface area (Å²) in [4.78, 5) is 25.3. The van der Waals surface area contributed by atoms with Crippen LogP contribution in [0.25, 0.3) is 0 Å². The SMILES string of the molecule is CC(NS(=O)(=O)c1ccc(Cl)cc1)C(=O)N1CC(C(=O)O)CCC1C. The molecule has 0 aliphatic carbocycles. The highest BCUT2D eigenvalue weighted by Gasteiger charge is 2.35. The van der Waals surface area contributed by atoms with E-state index in [1.807, 2.05) is 6.92 Å². The molecule has 9 heteroatoms. The zero-order valence-electron chi connectivity index (χ0n) is 14.0. The number of aliphatic carboxylic acids is 1. The first-order chi connectivity index (χ1) is 11.6. The molecule has 3 atom stereocenters. The van der Waals surface area contributed by atoms with E-state index in [1.54, 1.807) is 0 Å². The average Bonchev–Trinajstić information content (AvgIpc) is 2.54. The van der Waals surface area contributed by atoms with Crippen LogP contribution in [0, 0.1) is 5.92 Å². The van der Waals surface area contributed by atoms with Crippen LogP contribution in [0.15, 0.2) is 29.2 Å². The van der Waals surface area contributed by atoms with Gasteiger partial charge in [-0.25, -0.2) is 8.42 Å². The molecule has 25 heavy (non-hydrogen) atoms. The summed E-state index contributed by atoms with van der Waals surface area (Å²) in [6.45, 7) is 3.37. The fraction of sp³-hybridized carbons (Fsp3) is 0.500. The van der Waals surface area contributed by atoms with Crippen LogP contribution in [0.5, 0.6) is 0 Å². The number of hydrogen-bond acceptors (Lipinski definition) is 4. The van der Waals surface area contributed by atoms with Crippen LogP contribution >= 0.6 is 11.6 Å². The number of likely N-dealkylation sites (tertiary alicyclic amines) is 1. The van der Waals surface area contributed by atoms with Crippen molar-refractivity contribution < 1.29 is 23.1 Å². The van der Waals surface area contributed by atoms with Gasteiger partial charge < -0.3 is 10.0 Å². The van der Waals surface area contributed by atoms with Gasteiger partial charge in [-0.3, -0.25) is 9.59 Å². The number of carbonyl (C=O) groups excluding carboxylic acids is 1. The fourth-order valence-electron chi connectivity index (χ4n) is 2.83. The quantitative estimate of drug-likeness (QED) is 0.799. The third-order valence-electron chi connectivity index (χ3n) is 4.34. The lowest BCUT2D eigenvalue weighted by Gasteiger charge is -2.38. The van der Waals surface area contributed by atoms with E-state index in [2.05, 4.69) is 4.72 Å². The molecule has 0 radical (unpaired) electrons. The van der Waals surface area contributed by atoms with Gasteiger partial charge in [-0.1, -0.05) is 11.6 Å². The molecule has 1 saturated heterocycles. The highest BCUT2D eigenvalue weighted by atomic mass is 35.5. The monoisotopic (exact) mass is 388 g/mol. The van der Waals surface area contributed by atoms with Gasteiger partial charge in [-0.15, -0.1) is 0 Å². The zero-order valence-corrected chi connectivity index (χ0v) is 15.5.